The summed E-state index contributed by atoms with van der Waals surface area (Å²) in [7, 11) is 1.26. The molecule has 0 aliphatic heterocycles. The van der Waals surface area contributed by atoms with E-state index in [-0.39, 0.29) is 23.2 Å². The lowest BCUT2D eigenvalue weighted by Crippen LogP contribution is -2.18. The third-order valence-corrected chi connectivity index (χ3v) is 2.55. The summed E-state index contributed by atoms with van der Waals surface area (Å²) in [5.41, 5.74) is 0.989. The largest absolute Gasteiger partial charge is 0.465 e. The first-order valence-electron chi connectivity index (χ1n) is 5.90. The summed E-state index contributed by atoms with van der Waals surface area (Å²) in [6, 6.07) is 4.47. The van der Waals surface area contributed by atoms with Crippen molar-refractivity contribution in [3.05, 3.63) is 29.3 Å². The molecule has 102 valence electrons. The van der Waals surface area contributed by atoms with E-state index in [2.05, 4.69) is 10.1 Å². The van der Waals surface area contributed by atoms with Gasteiger partial charge in [-0.25, -0.2) is 4.79 Å². The van der Waals surface area contributed by atoms with Crippen LogP contribution < -0.4 is 5.32 Å². The van der Waals surface area contributed by atoms with Crippen molar-refractivity contribution in [3.63, 3.8) is 0 Å². The zero-order valence-electron chi connectivity index (χ0n) is 11.4. The topological polar surface area (TPSA) is 72.5 Å². The molecule has 0 saturated carbocycles. The van der Waals surface area contributed by atoms with Gasteiger partial charge in [-0.1, -0.05) is 13.8 Å². The third kappa shape index (κ3) is 3.91. The number of Topliss-reactive ketones (excluding diaryl/α,β-unsaturated/α-hetero) is 1. The smallest absolute Gasteiger partial charge is 0.337 e. The first-order chi connectivity index (χ1) is 8.85. The number of nitrogens with one attached hydrogen (secondary N) is 1. The number of hydrogen-bond acceptors (Lipinski definition) is 4. The minimum atomic E-state index is -0.553. The number of methoxy groups -OCH3 is 1. The average molecular weight is 263 g/mol. The maximum atomic E-state index is 11.6. The molecule has 0 aromatic heterocycles. The molecular weight excluding hydrogens is 246 g/mol. The molecule has 1 rings (SSSR count). The van der Waals surface area contributed by atoms with Crippen LogP contribution in [0.25, 0.3) is 0 Å². The van der Waals surface area contributed by atoms with Gasteiger partial charge in [-0.2, -0.15) is 0 Å². The summed E-state index contributed by atoms with van der Waals surface area (Å²) in [5, 5.41) is 2.66. The molecule has 0 bridgehead atoms. The van der Waals surface area contributed by atoms with Crippen LogP contribution in [0.15, 0.2) is 18.2 Å². The van der Waals surface area contributed by atoms with Crippen molar-refractivity contribution in [1.82, 2.24) is 0 Å². The number of anilines is 1. The van der Waals surface area contributed by atoms with Crippen molar-refractivity contribution in [2.75, 3.05) is 12.4 Å². The van der Waals surface area contributed by atoms with Crippen molar-refractivity contribution in [2.45, 2.75) is 20.8 Å². The summed E-state index contributed by atoms with van der Waals surface area (Å²) in [4.78, 5) is 34.6. The van der Waals surface area contributed by atoms with Gasteiger partial charge in [0.2, 0.25) is 5.91 Å². The molecule has 0 radical (unpaired) electrons. The number of rotatable bonds is 4. The number of ketones is 1. The van der Waals surface area contributed by atoms with E-state index in [0.29, 0.717) is 11.3 Å². The summed E-state index contributed by atoms with van der Waals surface area (Å²) in [5.74, 6) is -1.12. The van der Waals surface area contributed by atoms with Crippen LogP contribution in [0.1, 0.15) is 41.5 Å². The highest BCUT2D eigenvalue weighted by molar-refractivity contribution is 6.01. The second-order valence-corrected chi connectivity index (χ2v) is 4.49. The molecule has 0 unspecified atom stereocenters. The Balaban J connectivity index is 3.17. The van der Waals surface area contributed by atoms with E-state index in [0.717, 1.165) is 0 Å². The molecule has 0 aliphatic rings. The van der Waals surface area contributed by atoms with E-state index in [9.17, 15) is 14.4 Å². The molecule has 1 N–H and O–H groups in total. The molecule has 0 spiro atoms. The van der Waals surface area contributed by atoms with Crippen LogP contribution in [0.3, 0.4) is 0 Å². The lowest BCUT2D eigenvalue weighted by Gasteiger charge is -2.10. The zero-order chi connectivity index (χ0) is 14.6. The fourth-order valence-electron chi connectivity index (χ4n) is 1.43. The van der Waals surface area contributed by atoms with Crippen LogP contribution in [0.5, 0.6) is 0 Å². The molecule has 1 aromatic rings. The summed E-state index contributed by atoms with van der Waals surface area (Å²) < 4.78 is 4.62. The van der Waals surface area contributed by atoms with Crippen molar-refractivity contribution in [3.8, 4) is 0 Å². The Labute approximate surface area is 111 Å². The van der Waals surface area contributed by atoms with Crippen LogP contribution in [-0.2, 0) is 9.53 Å². The molecule has 0 heterocycles. The third-order valence-electron chi connectivity index (χ3n) is 2.55. The van der Waals surface area contributed by atoms with Crippen LogP contribution >= 0.6 is 0 Å². The van der Waals surface area contributed by atoms with Crippen LogP contribution in [0.4, 0.5) is 5.69 Å². The highest BCUT2D eigenvalue weighted by Crippen LogP contribution is 2.17. The lowest BCUT2D eigenvalue weighted by molar-refractivity contribution is -0.118. The van der Waals surface area contributed by atoms with E-state index in [1.54, 1.807) is 13.8 Å². The van der Waals surface area contributed by atoms with Crippen LogP contribution in [-0.4, -0.2) is 24.8 Å². The second kappa shape index (κ2) is 6.13. The molecule has 5 heteroatoms. The SMILES string of the molecule is COC(=O)c1cc(NC(=O)C(C)C)cc(C(C)=O)c1. The molecule has 1 aromatic carbocycles. The van der Waals surface area contributed by atoms with Gasteiger partial charge >= 0.3 is 5.97 Å². The zero-order valence-corrected chi connectivity index (χ0v) is 11.4. The normalized spacial score (nSPS) is 10.2. The van der Waals surface area contributed by atoms with Crippen molar-refractivity contribution in [1.29, 1.82) is 0 Å². The Morgan fingerprint density at radius 3 is 2.16 bits per heavy atom. The minimum Gasteiger partial charge on any atom is -0.465 e. The van der Waals surface area contributed by atoms with Gasteiger partial charge in [0.25, 0.3) is 0 Å². The average Bonchev–Trinajstić information content (AvgIpc) is 2.37. The number of carbonyl (C=O) groups is 3. The quantitative estimate of drug-likeness (QED) is 0.668. The Bertz CT molecular complexity index is 520. The number of carbonyl (C=O) groups excluding carboxylic acids is 3. The predicted molar refractivity (Wildman–Crippen MR) is 71.3 cm³/mol. The van der Waals surface area contributed by atoms with Crippen molar-refractivity contribution >= 4 is 23.3 Å². The first-order valence-corrected chi connectivity index (χ1v) is 5.90. The Kier molecular flexibility index (Phi) is 4.80. The second-order valence-electron chi connectivity index (χ2n) is 4.49. The van der Waals surface area contributed by atoms with Gasteiger partial charge in [0.15, 0.2) is 5.78 Å². The van der Waals surface area contributed by atoms with E-state index in [1.165, 1.54) is 32.2 Å². The summed E-state index contributed by atoms with van der Waals surface area (Å²) >= 11 is 0. The van der Waals surface area contributed by atoms with E-state index in [4.69, 9.17) is 0 Å². The molecule has 0 saturated heterocycles. The van der Waals surface area contributed by atoms with Crippen LogP contribution in [0, 0.1) is 5.92 Å². The Morgan fingerprint density at radius 1 is 1.11 bits per heavy atom. The molecule has 5 nitrogen and oxygen atoms in total. The predicted octanol–water partition coefficient (Wildman–Crippen LogP) is 2.27. The maximum Gasteiger partial charge on any atom is 0.337 e. The molecule has 1 amide bonds. The van der Waals surface area contributed by atoms with Crippen molar-refractivity contribution < 1.29 is 19.1 Å². The summed E-state index contributed by atoms with van der Waals surface area (Å²) in [6.45, 7) is 4.90. The van der Waals surface area contributed by atoms with E-state index < -0.39 is 5.97 Å². The number of ether oxygens (including phenoxy) is 1. The number of amides is 1. The van der Waals surface area contributed by atoms with E-state index >= 15 is 0 Å². The number of hydrogen-bond donors (Lipinski definition) is 1. The fraction of sp³-hybridized carbons (Fsp3) is 0.357. The fourth-order valence-corrected chi connectivity index (χ4v) is 1.43. The Morgan fingerprint density at radius 2 is 1.68 bits per heavy atom. The van der Waals surface area contributed by atoms with Gasteiger partial charge in [-0.3, -0.25) is 9.59 Å². The van der Waals surface area contributed by atoms with Gasteiger partial charge in [-0.15, -0.1) is 0 Å². The maximum absolute atomic E-state index is 11.6. The highest BCUT2D eigenvalue weighted by atomic mass is 16.5. The Hall–Kier alpha value is -2.17. The standard InChI is InChI=1S/C14H17NO4/c1-8(2)13(17)15-12-6-10(9(3)16)5-11(7-12)14(18)19-4/h5-8H,1-4H3,(H,15,17). The lowest BCUT2D eigenvalue weighted by atomic mass is 10.1. The number of esters is 1. The van der Waals surface area contributed by atoms with Crippen molar-refractivity contribution in [2.24, 2.45) is 5.92 Å². The minimum absolute atomic E-state index is 0.184. The molecule has 0 atom stereocenters. The molecule has 0 aliphatic carbocycles. The van der Waals surface area contributed by atoms with E-state index in [1.807, 2.05) is 0 Å². The van der Waals surface area contributed by atoms with Gasteiger partial charge in [0, 0.05) is 17.2 Å². The monoisotopic (exact) mass is 263 g/mol. The first kappa shape index (κ1) is 14.9. The summed E-state index contributed by atoms with van der Waals surface area (Å²) in [6.07, 6.45) is 0. The van der Waals surface area contributed by atoms with Gasteiger partial charge in [0.05, 0.1) is 12.7 Å². The molecule has 19 heavy (non-hydrogen) atoms. The molecule has 0 fully saturated rings. The van der Waals surface area contributed by atoms with Gasteiger partial charge in [-0.05, 0) is 25.1 Å². The van der Waals surface area contributed by atoms with Crippen LogP contribution in [0.2, 0.25) is 0 Å². The highest BCUT2D eigenvalue weighted by Gasteiger charge is 2.13. The number of benzene rings is 1. The van der Waals surface area contributed by atoms with Gasteiger partial charge < -0.3 is 10.1 Å². The molecular formula is C14H17NO4. The van der Waals surface area contributed by atoms with Gasteiger partial charge in [0.1, 0.15) is 0 Å².